The minimum Gasteiger partial charge on any atom is -0.493 e. The molecule has 3 fully saturated rings. The predicted molar refractivity (Wildman–Crippen MR) is 109 cm³/mol. The molecule has 1 spiro atoms. The molecule has 160 valence electrons. The van der Waals surface area contributed by atoms with Crippen LogP contribution in [0.15, 0.2) is 18.2 Å². The van der Waals surface area contributed by atoms with Crippen molar-refractivity contribution in [3.05, 3.63) is 23.8 Å². The maximum absolute atomic E-state index is 13.2. The summed E-state index contributed by atoms with van der Waals surface area (Å²) in [5.41, 5.74) is 0.891. The number of hydrogen-bond acceptors (Lipinski definition) is 5. The van der Waals surface area contributed by atoms with Crippen molar-refractivity contribution in [1.82, 2.24) is 9.80 Å². The van der Waals surface area contributed by atoms with Gasteiger partial charge >= 0.3 is 0 Å². The molecule has 1 amide bonds. The maximum atomic E-state index is 13.2. The average Bonchev–Trinajstić information content (AvgIpc) is 3.48. The van der Waals surface area contributed by atoms with Crippen LogP contribution in [0.4, 0.5) is 0 Å². The largest absolute Gasteiger partial charge is 0.493 e. The molecule has 1 unspecified atom stereocenters. The number of piperidine rings is 1. The molecule has 1 aliphatic carbocycles. The van der Waals surface area contributed by atoms with Crippen LogP contribution in [0.3, 0.4) is 0 Å². The highest BCUT2D eigenvalue weighted by Crippen LogP contribution is 2.41. The van der Waals surface area contributed by atoms with Crippen LogP contribution in [0, 0.1) is 6.92 Å². The SMILES string of the molecule is COc1cc(C)ccc1OCCN1CCCC12CCCN(C1CC1)C2=O.O=CO. The Bertz CT molecular complexity index is 721. The number of likely N-dealkylation sites (tertiary alicyclic amines) is 2. The highest BCUT2D eigenvalue weighted by atomic mass is 16.5. The number of carbonyl (C=O) groups excluding carboxylic acids is 1. The molecule has 7 heteroatoms. The Morgan fingerprint density at radius 1 is 1.21 bits per heavy atom. The van der Waals surface area contributed by atoms with Crippen molar-refractivity contribution in [2.24, 2.45) is 0 Å². The van der Waals surface area contributed by atoms with Crippen molar-refractivity contribution in [3.63, 3.8) is 0 Å². The van der Waals surface area contributed by atoms with Gasteiger partial charge in [0.1, 0.15) is 12.1 Å². The lowest BCUT2D eigenvalue weighted by molar-refractivity contribution is -0.148. The molecule has 2 heterocycles. The number of nitrogens with zero attached hydrogens (tertiary/aromatic N) is 2. The molecule has 1 aromatic rings. The first-order valence-corrected chi connectivity index (χ1v) is 10.5. The van der Waals surface area contributed by atoms with Crippen molar-refractivity contribution in [2.45, 2.75) is 57.0 Å². The van der Waals surface area contributed by atoms with Crippen molar-refractivity contribution in [3.8, 4) is 11.5 Å². The van der Waals surface area contributed by atoms with Gasteiger partial charge in [-0.15, -0.1) is 0 Å². The van der Waals surface area contributed by atoms with E-state index < -0.39 is 0 Å². The van der Waals surface area contributed by atoms with Gasteiger partial charge < -0.3 is 19.5 Å². The molecule has 2 aliphatic heterocycles. The molecular weight excluding hydrogens is 372 g/mol. The second-order valence-corrected chi connectivity index (χ2v) is 8.06. The fraction of sp³-hybridized carbons (Fsp3) is 0.636. The number of aryl methyl sites for hydroxylation is 1. The summed E-state index contributed by atoms with van der Waals surface area (Å²) in [7, 11) is 1.67. The topological polar surface area (TPSA) is 79.3 Å². The van der Waals surface area contributed by atoms with Gasteiger partial charge in [-0.25, -0.2) is 0 Å². The molecule has 1 atom stereocenters. The second-order valence-electron chi connectivity index (χ2n) is 8.06. The number of hydrogen-bond donors (Lipinski definition) is 1. The average molecular weight is 405 g/mol. The Labute approximate surface area is 172 Å². The van der Waals surface area contributed by atoms with Crippen LogP contribution >= 0.6 is 0 Å². The van der Waals surface area contributed by atoms with E-state index in [1.807, 2.05) is 25.1 Å². The van der Waals surface area contributed by atoms with Crippen molar-refractivity contribution >= 4 is 12.4 Å². The summed E-state index contributed by atoms with van der Waals surface area (Å²) in [6, 6.07) is 6.52. The minimum atomic E-state index is -0.262. The summed E-state index contributed by atoms with van der Waals surface area (Å²) in [5.74, 6) is 1.94. The van der Waals surface area contributed by atoms with E-state index in [9.17, 15) is 4.79 Å². The smallest absolute Gasteiger partial charge is 0.290 e. The summed E-state index contributed by atoms with van der Waals surface area (Å²) in [5, 5.41) is 6.89. The van der Waals surface area contributed by atoms with E-state index in [1.54, 1.807) is 7.11 Å². The van der Waals surface area contributed by atoms with Crippen LogP contribution in [-0.4, -0.2) is 72.2 Å². The van der Waals surface area contributed by atoms with Crippen LogP contribution in [0.5, 0.6) is 11.5 Å². The Morgan fingerprint density at radius 3 is 2.55 bits per heavy atom. The molecule has 0 bridgehead atoms. The number of rotatable bonds is 6. The van der Waals surface area contributed by atoms with Crippen molar-refractivity contribution in [1.29, 1.82) is 0 Å². The van der Waals surface area contributed by atoms with Gasteiger partial charge in [0.05, 0.1) is 7.11 Å². The standard InChI is InChI=1S/C21H30N2O3.CH2O2/c1-16-5-8-18(19(15-16)25-2)26-14-13-22-11-3-9-21(22)10-4-12-23(20(21)24)17-6-7-17;2-1-3/h5,8,15,17H,3-4,6-7,9-14H2,1-2H3;1H,(H,2,3). The number of methoxy groups -OCH3 is 1. The van der Waals surface area contributed by atoms with Crippen LogP contribution in [0.2, 0.25) is 0 Å². The summed E-state index contributed by atoms with van der Waals surface area (Å²) in [6.07, 6.45) is 6.63. The third kappa shape index (κ3) is 4.66. The molecule has 2 saturated heterocycles. The van der Waals surface area contributed by atoms with Gasteiger partial charge in [0, 0.05) is 19.1 Å². The predicted octanol–water partition coefficient (Wildman–Crippen LogP) is 2.70. The van der Waals surface area contributed by atoms with Crippen LogP contribution in [-0.2, 0) is 9.59 Å². The Kier molecular flexibility index (Phi) is 7.00. The number of benzene rings is 1. The molecular formula is C22H32N2O5. The first-order valence-electron chi connectivity index (χ1n) is 10.5. The number of carbonyl (C=O) groups is 2. The zero-order valence-electron chi connectivity index (χ0n) is 17.4. The lowest BCUT2D eigenvalue weighted by Gasteiger charge is -2.44. The number of carboxylic acid groups (broad SMARTS) is 1. The van der Waals surface area contributed by atoms with Crippen LogP contribution in [0.25, 0.3) is 0 Å². The maximum Gasteiger partial charge on any atom is 0.290 e. The van der Waals surface area contributed by atoms with E-state index in [0.717, 1.165) is 62.4 Å². The van der Waals surface area contributed by atoms with E-state index in [2.05, 4.69) is 9.80 Å². The Balaban J connectivity index is 0.000000755. The fourth-order valence-corrected chi connectivity index (χ4v) is 4.70. The van der Waals surface area contributed by atoms with Crippen molar-refractivity contribution in [2.75, 3.05) is 33.4 Å². The number of ether oxygens (including phenoxy) is 2. The van der Waals surface area contributed by atoms with Gasteiger partial charge in [-0.3, -0.25) is 14.5 Å². The molecule has 3 aliphatic rings. The molecule has 1 aromatic carbocycles. The molecule has 1 saturated carbocycles. The zero-order valence-corrected chi connectivity index (χ0v) is 17.4. The highest BCUT2D eigenvalue weighted by Gasteiger charge is 2.52. The van der Waals surface area contributed by atoms with Gasteiger partial charge in [0.15, 0.2) is 11.5 Å². The highest BCUT2D eigenvalue weighted by molar-refractivity contribution is 5.88. The molecule has 4 rings (SSSR count). The normalized spacial score (nSPS) is 24.2. The minimum absolute atomic E-state index is 0.250. The van der Waals surface area contributed by atoms with E-state index in [0.29, 0.717) is 18.6 Å². The third-order valence-corrected chi connectivity index (χ3v) is 6.20. The lowest BCUT2D eigenvalue weighted by Crippen LogP contribution is -2.60. The quantitative estimate of drug-likeness (QED) is 0.735. The van der Waals surface area contributed by atoms with Crippen LogP contribution in [0.1, 0.15) is 44.1 Å². The first-order chi connectivity index (χ1) is 14.1. The summed E-state index contributed by atoms with van der Waals surface area (Å²) in [4.78, 5) is 26.2. The number of amides is 1. The lowest BCUT2D eigenvalue weighted by atomic mass is 9.85. The molecule has 0 radical (unpaired) electrons. The molecule has 0 aromatic heterocycles. The fourth-order valence-electron chi connectivity index (χ4n) is 4.70. The van der Waals surface area contributed by atoms with Crippen molar-refractivity contribution < 1.29 is 24.2 Å². The van der Waals surface area contributed by atoms with E-state index in [-0.39, 0.29) is 12.0 Å². The first kappa shape index (κ1) is 21.4. The van der Waals surface area contributed by atoms with Gasteiger partial charge in [0.2, 0.25) is 5.91 Å². The second kappa shape index (κ2) is 9.48. The zero-order chi connectivity index (χ0) is 20.9. The Morgan fingerprint density at radius 2 is 1.90 bits per heavy atom. The van der Waals surface area contributed by atoms with E-state index in [1.165, 1.54) is 12.8 Å². The van der Waals surface area contributed by atoms with Gasteiger partial charge in [-0.1, -0.05) is 6.07 Å². The summed E-state index contributed by atoms with van der Waals surface area (Å²) in [6.45, 7) is 5.12. The third-order valence-electron chi connectivity index (χ3n) is 6.20. The molecule has 7 nitrogen and oxygen atoms in total. The molecule has 1 N–H and O–H groups in total. The summed E-state index contributed by atoms with van der Waals surface area (Å²) < 4.78 is 11.4. The van der Waals surface area contributed by atoms with Gasteiger partial charge in [-0.2, -0.15) is 0 Å². The van der Waals surface area contributed by atoms with Crippen LogP contribution < -0.4 is 9.47 Å². The monoisotopic (exact) mass is 404 g/mol. The van der Waals surface area contributed by atoms with Gasteiger partial charge in [-0.05, 0) is 69.7 Å². The van der Waals surface area contributed by atoms with Gasteiger partial charge in [0.25, 0.3) is 6.47 Å². The molecule has 29 heavy (non-hydrogen) atoms. The Hall–Kier alpha value is -2.28. The summed E-state index contributed by atoms with van der Waals surface area (Å²) >= 11 is 0. The van der Waals surface area contributed by atoms with E-state index >= 15 is 0 Å². The van der Waals surface area contributed by atoms with E-state index in [4.69, 9.17) is 19.4 Å².